The Kier molecular flexibility index (Phi) is 12.8. The third-order valence-electron chi connectivity index (χ3n) is 6.86. The lowest BCUT2D eigenvalue weighted by molar-refractivity contribution is -0.170. The molecule has 2 amide bonds. The van der Waals surface area contributed by atoms with Crippen LogP contribution in [0.15, 0.2) is 41.3 Å². The molecule has 44 heavy (non-hydrogen) atoms. The van der Waals surface area contributed by atoms with Gasteiger partial charge < -0.3 is 34.0 Å². The third kappa shape index (κ3) is 9.14. The number of hydrogen-bond donors (Lipinski definition) is 2. The standard InChI is InChI=1S/C30H43N6O7P/c1-19(2)36(20(3)4)44(42-15-14-31-7)43-26-22(6)40-17-24(27(26)41-18-25(37)32-8)35-16-21(5)28(34-30(35)39)33-29(38)23-12-10-9-11-13-23/h9-13,16,19-20,22,24,26-27H,14-15,17-18H2,1-6,8H3,(H,32,37)(H,33,34,38,39)/t22-,24-,26-,27+,44?/m1/s1/i6D. The second-order valence-electron chi connectivity index (χ2n) is 10.8. The first-order chi connectivity index (χ1) is 21.5. The predicted molar refractivity (Wildman–Crippen MR) is 167 cm³/mol. The van der Waals surface area contributed by atoms with Gasteiger partial charge in [-0.3, -0.25) is 14.2 Å². The molecule has 1 fully saturated rings. The van der Waals surface area contributed by atoms with Crippen LogP contribution in [0.1, 0.15) is 57.9 Å². The molecule has 1 aliphatic heterocycles. The van der Waals surface area contributed by atoms with Crippen LogP contribution in [0, 0.1) is 13.5 Å². The minimum Gasteiger partial charge on any atom is -0.373 e. The maximum Gasteiger partial charge on any atom is 0.349 e. The van der Waals surface area contributed by atoms with Gasteiger partial charge in [0, 0.05) is 37.8 Å². The number of amides is 2. The Bertz CT molecular complexity index is 1360. The van der Waals surface area contributed by atoms with Crippen LogP contribution in [0.5, 0.6) is 0 Å². The summed E-state index contributed by atoms with van der Waals surface area (Å²) < 4.78 is 36.6. The number of aromatic nitrogens is 2. The number of nitrogens with zero attached hydrogens (tertiary/aromatic N) is 4. The number of likely N-dealkylation sites (N-methyl/N-ethyl adjacent to an activating group) is 1. The maximum atomic E-state index is 13.5. The molecule has 1 unspecified atom stereocenters. The van der Waals surface area contributed by atoms with Crippen LogP contribution in [0.2, 0.25) is 0 Å². The fraction of sp³-hybridized carbons (Fsp3) is 0.567. The largest absolute Gasteiger partial charge is 0.373 e. The van der Waals surface area contributed by atoms with Gasteiger partial charge in [-0.1, -0.05) is 18.2 Å². The van der Waals surface area contributed by atoms with Crippen molar-refractivity contribution < 1.29 is 29.5 Å². The number of carbonyl (C=O) groups is 2. The second kappa shape index (κ2) is 16.7. The van der Waals surface area contributed by atoms with Crippen LogP contribution in [0.25, 0.3) is 4.85 Å². The van der Waals surface area contributed by atoms with Crippen LogP contribution in [0.3, 0.4) is 0 Å². The summed E-state index contributed by atoms with van der Waals surface area (Å²) in [6.45, 7) is 16.6. The van der Waals surface area contributed by atoms with E-state index in [0.29, 0.717) is 11.1 Å². The number of ether oxygens (including phenoxy) is 2. The Labute approximate surface area is 261 Å². The average Bonchev–Trinajstić information content (AvgIpc) is 3.01. The molecule has 1 aliphatic rings. The van der Waals surface area contributed by atoms with Gasteiger partial charge in [0.1, 0.15) is 31.2 Å². The zero-order chi connectivity index (χ0) is 33.1. The lowest BCUT2D eigenvalue weighted by Crippen LogP contribution is -2.54. The molecule has 1 aromatic carbocycles. The highest BCUT2D eigenvalue weighted by atomic mass is 31.2. The van der Waals surface area contributed by atoms with E-state index in [4.69, 9.17) is 26.5 Å². The van der Waals surface area contributed by atoms with E-state index in [1.165, 1.54) is 11.6 Å². The van der Waals surface area contributed by atoms with Crippen LogP contribution >= 0.6 is 8.53 Å². The Morgan fingerprint density at radius 3 is 2.57 bits per heavy atom. The SMILES string of the molecule is [2H]C[C@H]1OC[C@@H](n2cc(C)c(NC(=O)c3ccccc3)nc2=O)[C@H](OCC(=O)NC)[C@@H]1OP(OCC[N+]#[C-])N(C(C)C)C(C)C. The van der Waals surface area contributed by atoms with E-state index in [0.717, 1.165) is 0 Å². The lowest BCUT2D eigenvalue weighted by Gasteiger charge is -2.44. The summed E-state index contributed by atoms with van der Waals surface area (Å²) >= 11 is 0. The Balaban J connectivity index is 2.01. The summed E-state index contributed by atoms with van der Waals surface area (Å²) in [5.41, 5.74) is 0.259. The minimum atomic E-state index is -1.77. The van der Waals surface area contributed by atoms with Crippen LogP contribution in [-0.4, -0.2) is 89.8 Å². The van der Waals surface area contributed by atoms with E-state index in [1.807, 2.05) is 32.4 Å². The molecule has 2 N–H and O–H groups in total. The molecule has 13 nitrogen and oxygen atoms in total. The molecular weight excluding hydrogens is 587 g/mol. The third-order valence-corrected chi connectivity index (χ3v) is 8.99. The molecule has 240 valence electrons. The van der Waals surface area contributed by atoms with E-state index >= 15 is 0 Å². The van der Waals surface area contributed by atoms with Crippen molar-refractivity contribution >= 4 is 26.2 Å². The molecular formula is C30H43N6O7P. The summed E-state index contributed by atoms with van der Waals surface area (Å²) in [6.07, 6.45) is -1.05. The number of hydrogen-bond acceptors (Lipinski definition) is 9. The molecule has 14 heteroatoms. The number of anilines is 1. The first-order valence-corrected chi connectivity index (χ1v) is 15.6. The van der Waals surface area contributed by atoms with E-state index < -0.39 is 44.5 Å². The summed E-state index contributed by atoms with van der Waals surface area (Å²) in [6, 6.07) is 7.80. The first kappa shape index (κ1) is 33.6. The van der Waals surface area contributed by atoms with Gasteiger partial charge in [-0.25, -0.2) is 16.0 Å². The van der Waals surface area contributed by atoms with Crippen LogP contribution < -0.4 is 16.3 Å². The van der Waals surface area contributed by atoms with Gasteiger partial charge in [0.15, 0.2) is 0 Å². The van der Waals surface area contributed by atoms with Crippen LogP contribution in [0.4, 0.5) is 5.82 Å². The summed E-state index contributed by atoms with van der Waals surface area (Å²) in [7, 11) is -0.282. The summed E-state index contributed by atoms with van der Waals surface area (Å²) in [5, 5.41) is 5.23. The van der Waals surface area contributed by atoms with Gasteiger partial charge >= 0.3 is 5.69 Å². The van der Waals surface area contributed by atoms with Crippen molar-refractivity contribution in [2.75, 3.05) is 38.7 Å². The molecule has 2 aromatic rings. The number of nitrogens with one attached hydrogen (secondary N) is 2. The molecule has 0 radical (unpaired) electrons. The zero-order valence-corrected chi connectivity index (χ0v) is 27.0. The molecule has 0 bridgehead atoms. The van der Waals surface area contributed by atoms with E-state index in [9.17, 15) is 14.4 Å². The monoisotopic (exact) mass is 631 g/mol. The van der Waals surface area contributed by atoms with E-state index in [1.54, 1.807) is 43.5 Å². The second-order valence-corrected chi connectivity index (χ2v) is 12.2. The average molecular weight is 632 g/mol. The fourth-order valence-corrected chi connectivity index (χ4v) is 6.51. The van der Waals surface area contributed by atoms with Crippen molar-refractivity contribution in [2.45, 2.75) is 78.0 Å². The molecule has 0 saturated carbocycles. The summed E-state index contributed by atoms with van der Waals surface area (Å²) in [5.74, 6) is -0.680. The normalized spacial score (nSPS) is 21.1. The Morgan fingerprint density at radius 1 is 1.25 bits per heavy atom. The molecule has 1 saturated heterocycles. The smallest absolute Gasteiger partial charge is 0.349 e. The zero-order valence-electron chi connectivity index (χ0n) is 27.1. The predicted octanol–water partition coefficient (Wildman–Crippen LogP) is 3.56. The molecule has 3 rings (SSSR count). The van der Waals surface area contributed by atoms with Gasteiger partial charge in [0.25, 0.3) is 14.4 Å². The van der Waals surface area contributed by atoms with Crippen molar-refractivity contribution in [3.8, 4) is 0 Å². The molecule has 2 heterocycles. The topological polar surface area (TPSA) is 138 Å². The van der Waals surface area contributed by atoms with Crippen LogP contribution in [-0.2, 0) is 23.3 Å². The van der Waals surface area contributed by atoms with Gasteiger partial charge in [-0.2, -0.15) is 4.98 Å². The number of benzene rings is 1. The molecule has 5 atom stereocenters. The highest BCUT2D eigenvalue weighted by molar-refractivity contribution is 7.44. The Morgan fingerprint density at radius 2 is 1.95 bits per heavy atom. The maximum absolute atomic E-state index is 13.5. The van der Waals surface area contributed by atoms with Gasteiger partial charge in [0.05, 0.1) is 18.8 Å². The van der Waals surface area contributed by atoms with E-state index in [-0.39, 0.29) is 57.1 Å². The molecule has 1 aromatic heterocycles. The molecule has 0 spiro atoms. The van der Waals surface area contributed by atoms with Crippen molar-refractivity contribution in [3.05, 3.63) is 69.6 Å². The van der Waals surface area contributed by atoms with Crippen molar-refractivity contribution in [1.29, 1.82) is 0 Å². The minimum absolute atomic E-state index is 0.0113. The number of aryl methyl sites for hydroxylation is 1. The van der Waals surface area contributed by atoms with Gasteiger partial charge in [-0.15, -0.1) is 0 Å². The Hall–Kier alpha value is -3.24. The fourth-order valence-electron chi connectivity index (χ4n) is 4.75. The summed E-state index contributed by atoms with van der Waals surface area (Å²) in [4.78, 5) is 46.1. The highest BCUT2D eigenvalue weighted by Gasteiger charge is 2.45. The quantitative estimate of drug-likeness (QED) is 0.182. The van der Waals surface area contributed by atoms with E-state index in [2.05, 4.69) is 20.5 Å². The number of carbonyl (C=O) groups excluding carboxylic acids is 2. The van der Waals surface area contributed by atoms with Gasteiger partial charge in [0.2, 0.25) is 12.5 Å². The van der Waals surface area contributed by atoms with Crippen molar-refractivity contribution in [2.24, 2.45) is 0 Å². The highest BCUT2D eigenvalue weighted by Crippen LogP contribution is 2.49. The van der Waals surface area contributed by atoms with Gasteiger partial charge in [-0.05, 0) is 53.7 Å². The number of rotatable bonds is 14. The lowest BCUT2D eigenvalue weighted by atomic mass is 9.98. The van der Waals surface area contributed by atoms with Crippen molar-refractivity contribution in [3.63, 3.8) is 0 Å². The molecule has 0 aliphatic carbocycles. The first-order valence-electron chi connectivity index (χ1n) is 15.1. The van der Waals surface area contributed by atoms with Crippen molar-refractivity contribution in [1.82, 2.24) is 19.5 Å².